The Morgan fingerprint density at radius 3 is 2.45 bits per heavy atom. The maximum atomic E-state index is 12.1. The first kappa shape index (κ1) is 14.5. The Balaban J connectivity index is 2.00. The van der Waals surface area contributed by atoms with Crippen LogP contribution in [0.3, 0.4) is 0 Å². The predicted molar refractivity (Wildman–Crippen MR) is 77.3 cm³/mol. The minimum absolute atomic E-state index is 0.0407. The zero-order valence-electron chi connectivity index (χ0n) is 12.0. The SMILES string of the molecule is CC(C)(C#N)c1ccc(NC(=O)C2CCOCC2)cc1. The van der Waals surface area contributed by atoms with Crippen LogP contribution in [0.4, 0.5) is 5.69 Å². The highest BCUT2D eigenvalue weighted by Crippen LogP contribution is 2.24. The van der Waals surface area contributed by atoms with E-state index < -0.39 is 5.41 Å². The highest BCUT2D eigenvalue weighted by molar-refractivity contribution is 5.92. The number of hydrogen-bond donors (Lipinski definition) is 1. The molecule has 0 radical (unpaired) electrons. The second kappa shape index (κ2) is 6.06. The summed E-state index contributed by atoms with van der Waals surface area (Å²) in [6.07, 6.45) is 1.57. The van der Waals surface area contributed by atoms with Crippen LogP contribution in [-0.2, 0) is 14.9 Å². The summed E-state index contributed by atoms with van der Waals surface area (Å²) < 4.78 is 5.25. The van der Waals surface area contributed by atoms with Gasteiger partial charge in [-0.25, -0.2) is 0 Å². The molecule has 0 spiro atoms. The summed E-state index contributed by atoms with van der Waals surface area (Å²) in [6, 6.07) is 9.76. The van der Waals surface area contributed by atoms with E-state index >= 15 is 0 Å². The summed E-state index contributed by atoms with van der Waals surface area (Å²) in [7, 11) is 0. The summed E-state index contributed by atoms with van der Waals surface area (Å²) in [4.78, 5) is 12.1. The van der Waals surface area contributed by atoms with Crippen LogP contribution in [0.1, 0.15) is 32.3 Å². The van der Waals surface area contributed by atoms with Gasteiger partial charge in [0.15, 0.2) is 0 Å². The number of carbonyl (C=O) groups is 1. The molecule has 0 atom stereocenters. The standard InChI is InChI=1S/C16H20N2O2/c1-16(2,11-17)13-3-5-14(6-4-13)18-15(19)12-7-9-20-10-8-12/h3-6,12H,7-10H2,1-2H3,(H,18,19). The smallest absolute Gasteiger partial charge is 0.227 e. The van der Waals surface area contributed by atoms with Crippen molar-refractivity contribution in [3.8, 4) is 6.07 Å². The van der Waals surface area contributed by atoms with Crippen LogP contribution in [0.15, 0.2) is 24.3 Å². The molecule has 0 unspecified atom stereocenters. The Bertz CT molecular complexity index is 508. The van der Waals surface area contributed by atoms with Crippen LogP contribution < -0.4 is 5.32 Å². The number of amides is 1. The van der Waals surface area contributed by atoms with Gasteiger partial charge in [-0.3, -0.25) is 4.79 Å². The van der Waals surface area contributed by atoms with E-state index in [1.54, 1.807) is 0 Å². The van der Waals surface area contributed by atoms with Crippen molar-refractivity contribution in [2.75, 3.05) is 18.5 Å². The molecule has 1 aliphatic rings. The molecule has 0 bridgehead atoms. The predicted octanol–water partition coefficient (Wildman–Crippen LogP) is 2.85. The highest BCUT2D eigenvalue weighted by Gasteiger charge is 2.22. The van der Waals surface area contributed by atoms with Crippen molar-refractivity contribution in [1.29, 1.82) is 5.26 Å². The third-order valence-electron chi connectivity index (χ3n) is 3.75. The van der Waals surface area contributed by atoms with Gasteiger partial charge in [0.25, 0.3) is 0 Å². The summed E-state index contributed by atoms with van der Waals surface area (Å²) >= 11 is 0. The third-order valence-corrected chi connectivity index (χ3v) is 3.75. The number of carbonyl (C=O) groups excluding carboxylic acids is 1. The number of hydrogen-bond acceptors (Lipinski definition) is 3. The lowest BCUT2D eigenvalue weighted by atomic mass is 9.86. The van der Waals surface area contributed by atoms with Crippen LogP contribution in [0.25, 0.3) is 0 Å². The molecule has 1 fully saturated rings. The summed E-state index contributed by atoms with van der Waals surface area (Å²) in [5, 5.41) is 12.0. The van der Waals surface area contributed by atoms with E-state index in [1.165, 1.54) is 0 Å². The van der Waals surface area contributed by atoms with Gasteiger partial charge >= 0.3 is 0 Å². The lowest BCUT2D eigenvalue weighted by molar-refractivity contribution is -0.122. The van der Waals surface area contributed by atoms with Crippen molar-refractivity contribution in [3.63, 3.8) is 0 Å². The van der Waals surface area contributed by atoms with Gasteiger partial charge in [0.05, 0.1) is 11.5 Å². The number of ether oxygens (including phenoxy) is 1. The molecule has 4 nitrogen and oxygen atoms in total. The summed E-state index contributed by atoms with van der Waals surface area (Å²) in [5.74, 6) is 0.0968. The second-order valence-corrected chi connectivity index (χ2v) is 5.69. The first-order chi connectivity index (χ1) is 9.53. The van der Waals surface area contributed by atoms with E-state index in [0.717, 1.165) is 24.1 Å². The zero-order chi connectivity index (χ0) is 14.6. The number of rotatable bonds is 3. The number of benzene rings is 1. The Kier molecular flexibility index (Phi) is 4.41. The Morgan fingerprint density at radius 2 is 1.90 bits per heavy atom. The van der Waals surface area contributed by atoms with Gasteiger partial charge in [-0.2, -0.15) is 5.26 Å². The molecule has 2 rings (SSSR count). The normalized spacial score (nSPS) is 16.4. The lowest BCUT2D eigenvalue weighted by Gasteiger charge is -2.21. The first-order valence-corrected chi connectivity index (χ1v) is 6.93. The fourth-order valence-corrected chi connectivity index (χ4v) is 2.24. The molecule has 1 saturated heterocycles. The Morgan fingerprint density at radius 1 is 1.30 bits per heavy atom. The molecule has 1 heterocycles. The van der Waals surface area contributed by atoms with E-state index in [9.17, 15) is 4.79 Å². The zero-order valence-corrected chi connectivity index (χ0v) is 12.0. The Hall–Kier alpha value is -1.86. The van der Waals surface area contributed by atoms with E-state index in [-0.39, 0.29) is 11.8 Å². The molecular weight excluding hydrogens is 252 g/mol. The molecule has 0 saturated carbocycles. The van der Waals surface area contributed by atoms with Crippen LogP contribution in [-0.4, -0.2) is 19.1 Å². The van der Waals surface area contributed by atoms with Crippen molar-refractivity contribution in [1.82, 2.24) is 0 Å². The van der Waals surface area contributed by atoms with Crippen LogP contribution in [0.2, 0.25) is 0 Å². The number of nitrogens with one attached hydrogen (secondary N) is 1. The average molecular weight is 272 g/mol. The minimum atomic E-state index is -0.511. The van der Waals surface area contributed by atoms with E-state index in [2.05, 4.69) is 11.4 Å². The number of nitriles is 1. The van der Waals surface area contributed by atoms with E-state index in [4.69, 9.17) is 10.00 Å². The molecule has 1 N–H and O–H groups in total. The molecule has 1 aliphatic heterocycles. The molecule has 0 aliphatic carbocycles. The van der Waals surface area contributed by atoms with E-state index in [1.807, 2.05) is 38.1 Å². The lowest BCUT2D eigenvalue weighted by Crippen LogP contribution is -2.28. The minimum Gasteiger partial charge on any atom is -0.381 e. The van der Waals surface area contributed by atoms with Gasteiger partial charge in [-0.05, 0) is 44.4 Å². The van der Waals surface area contributed by atoms with Gasteiger partial charge in [0.1, 0.15) is 0 Å². The average Bonchev–Trinajstić information content (AvgIpc) is 2.48. The van der Waals surface area contributed by atoms with Crippen molar-refractivity contribution >= 4 is 11.6 Å². The summed E-state index contributed by atoms with van der Waals surface area (Å²) in [6.45, 7) is 5.08. The van der Waals surface area contributed by atoms with Gasteiger partial charge < -0.3 is 10.1 Å². The number of nitrogens with zero attached hydrogens (tertiary/aromatic N) is 1. The first-order valence-electron chi connectivity index (χ1n) is 6.93. The molecule has 4 heteroatoms. The molecule has 106 valence electrons. The number of anilines is 1. The maximum absolute atomic E-state index is 12.1. The van der Waals surface area contributed by atoms with Gasteiger partial charge in [0.2, 0.25) is 5.91 Å². The monoisotopic (exact) mass is 272 g/mol. The van der Waals surface area contributed by atoms with Crippen molar-refractivity contribution in [3.05, 3.63) is 29.8 Å². The molecule has 1 amide bonds. The van der Waals surface area contributed by atoms with Gasteiger partial charge in [-0.15, -0.1) is 0 Å². The van der Waals surface area contributed by atoms with Gasteiger partial charge in [-0.1, -0.05) is 12.1 Å². The third kappa shape index (κ3) is 3.37. The Labute approximate surface area is 119 Å². The van der Waals surface area contributed by atoms with Crippen LogP contribution in [0.5, 0.6) is 0 Å². The molecule has 1 aromatic rings. The van der Waals surface area contributed by atoms with E-state index in [0.29, 0.717) is 13.2 Å². The molecule has 20 heavy (non-hydrogen) atoms. The summed E-state index contributed by atoms with van der Waals surface area (Å²) in [5.41, 5.74) is 1.21. The molecular formula is C16H20N2O2. The van der Waals surface area contributed by atoms with Crippen molar-refractivity contribution in [2.45, 2.75) is 32.1 Å². The van der Waals surface area contributed by atoms with Crippen molar-refractivity contribution in [2.24, 2.45) is 5.92 Å². The van der Waals surface area contributed by atoms with Crippen LogP contribution in [0, 0.1) is 17.2 Å². The second-order valence-electron chi connectivity index (χ2n) is 5.69. The van der Waals surface area contributed by atoms with Crippen molar-refractivity contribution < 1.29 is 9.53 Å². The topological polar surface area (TPSA) is 62.1 Å². The molecule has 1 aromatic carbocycles. The van der Waals surface area contributed by atoms with Gasteiger partial charge in [0, 0.05) is 24.8 Å². The quantitative estimate of drug-likeness (QED) is 0.920. The maximum Gasteiger partial charge on any atom is 0.227 e. The van der Waals surface area contributed by atoms with Crippen LogP contribution >= 0.6 is 0 Å². The fraction of sp³-hybridized carbons (Fsp3) is 0.500. The largest absolute Gasteiger partial charge is 0.381 e. The highest BCUT2D eigenvalue weighted by atomic mass is 16.5. The fourth-order valence-electron chi connectivity index (χ4n) is 2.24. The molecule has 0 aromatic heterocycles.